The molecule has 1 aliphatic rings. The minimum atomic E-state index is -4.50. The van der Waals surface area contributed by atoms with Gasteiger partial charge in [0, 0.05) is 24.1 Å². The molecule has 21 heavy (non-hydrogen) atoms. The Morgan fingerprint density at radius 1 is 1.43 bits per heavy atom. The monoisotopic (exact) mass is 385 g/mol. The van der Waals surface area contributed by atoms with Crippen LogP contribution in [0.4, 0.5) is 13.2 Å². The minimum absolute atomic E-state index is 0.118. The van der Waals surface area contributed by atoms with Gasteiger partial charge in [0.05, 0.1) is 16.9 Å². The highest BCUT2D eigenvalue weighted by Crippen LogP contribution is 2.38. The van der Waals surface area contributed by atoms with Gasteiger partial charge in [0.15, 0.2) is 0 Å². The van der Waals surface area contributed by atoms with Crippen molar-refractivity contribution < 1.29 is 23.1 Å². The first-order valence-corrected chi connectivity index (χ1v) is 7.31. The van der Waals surface area contributed by atoms with Crippen LogP contribution >= 0.6 is 27.5 Å². The van der Waals surface area contributed by atoms with Crippen LogP contribution in [0, 0.1) is 11.8 Å². The normalized spacial score (nSPS) is 23.5. The molecule has 1 aliphatic heterocycles. The summed E-state index contributed by atoms with van der Waals surface area (Å²) in [5.41, 5.74) is 0.746. The Balaban J connectivity index is 2.12. The molecular weight excluding hydrogens is 374 g/mol. The third-order valence-corrected chi connectivity index (χ3v) is 4.76. The largest absolute Gasteiger partial charge is 0.481 e. The van der Waals surface area contributed by atoms with Crippen LogP contribution in [0.3, 0.4) is 0 Å². The Morgan fingerprint density at radius 2 is 2.10 bits per heavy atom. The van der Waals surface area contributed by atoms with Gasteiger partial charge in [0.2, 0.25) is 0 Å². The fourth-order valence-corrected chi connectivity index (χ4v) is 2.94. The fourth-order valence-electron chi connectivity index (χ4n) is 2.49. The van der Waals surface area contributed by atoms with E-state index >= 15 is 0 Å². The topological polar surface area (TPSA) is 40.5 Å². The molecule has 1 N–H and O–H groups in total. The molecule has 1 fully saturated rings. The lowest BCUT2D eigenvalue weighted by Gasteiger charge is -2.18. The summed E-state index contributed by atoms with van der Waals surface area (Å²) in [5, 5.41) is 9.42. The lowest BCUT2D eigenvalue weighted by molar-refractivity contribution is -0.188. The lowest BCUT2D eigenvalue weighted by atomic mass is 9.96. The SMILES string of the molecule is O=C(O)[C@@H]1CN(Cc2ccc(Br)c(Cl)c2)C[C@H]1C(F)(F)F. The van der Waals surface area contributed by atoms with E-state index in [0.29, 0.717) is 9.50 Å². The molecule has 0 amide bonds. The third-order valence-electron chi connectivity index (χ3n) is 3.52. The van der Waals surface area contributed by atoms with E-state index in [2.05, 4.69) is 15.9 Å². The fraction of sp³-hybridized carbons (Fsp3) is 0.462. The molecule has 0 spiro atoms. The Morgan fingerprint density at radius 3 is 2.57 bits per heavy atom. The first-order valence-electron chi connectivity index (χ1n) is 6.14. The molecule has 0 bridgehead atoms. The molecule has 1 aromatic carbocycles. The number of nitrogens with zero attached hydrogens (tertiary/aromatic N) is 1. The summed E-state index contributed by atoms with van der Waals surface area (Å²) < 4.78 is 39.3. The molecule has 3 nitrogen and oxygen atoms in total. The minimum Gasteiger partial charge on any atom is -0.481 e. The van der Waals surface area contributed by atoms with E-state index in [4.69, 9.17) is 16.7 Å². The van der Waals surface area contributed by atoms with E-state index in [-0.39, 0.29) is 19.6 Å². The van der Waals surface area contributed by atoms with E-state index in [0.717, 1.165) is 5.56 Å². The zero-order valence-electron chi connectivity index (χ0n) is 10.7. The number of carbonyl (C=O) groups is 1. The molecule has 1 saturated heterocycles. The van der Waals surface area contributed by atoms with Crippen molar-refractivity contribution in [3.63, 3.8) is 0 Å². The van der Waals surface area contributed by atoms with Gasteiger partial charge in [-0.1, -0.05) is 17.7 Å². The van der Waals surface area contributed by atoms with E-state index in [1.54, 1.807) is 18.2 Å². The van der Waals surface area contributed by atoms with Gasteiger partial charge in [0.1, 0.15) is 0 Å². The summed E-state index contributed by atoms with van der Waals surface area (Å²) >= 11 is 9.17. The van der Waals surface area contributed by atoms with E-state index < -0.39 is 24.0 Å². The number of carboxylic acids is 1. The lowest BCUT2D eigenvalue weighted by Crippen LogP contribution is -2.33. The molecule has 8 heteroatoms. The van der Waals surface area contributed by atoms with Gasteiger partial charge >= 0.3 is 12.1 Å². The van der Waals surface area contributed by atoms with Crippen molar-refractivity contribution in [1.82, 2.24) is 4.90 Å². The first kappa shape index (κ1) is 16.6. The van der Waals surface area contributed by atoms with Crippen molar-refractivity contribution in [2.75, 3.05) is 13.1 Å². The van der Waals surface area contributed by atoms with E-state index in [9.17, 15) is 18.0 Å². The highest BCUT2D eigenvalue weighted by molar-refractivity contribution is 9.10. The van der Waals surface area contributed by atoms with Crippen LogP contribution in [-0.4, -0.2) is 35.2 Å². The summed E-state index contributed by atoms with van der Waals surface area (Å²) in [6, 6.07) is 5.11. The van der Waals surface area contributed by atoms with Gasteiger partial charge in [-0.3, -0.25) is 9.69 Å². The van der Waals surface area contributed by atoms with Gasteiger partial charge in [-0.2, -0.15) is 13.2 Å². The molecule has 1 aromatic rings. The van der Waals surface area contributed by atoms with Gasteiger partial charge in [-0.15, -0.1) is 0 Å². The molecule has 1 heterocycles. The molecule has 0 saturated carbocycles. The highest BCUT2D eigenvalue weighted by atomic mass is 79.9. The van der Waals surface area contributed by atoms with Crippen molar-refractivity contribution in [2.24, 2.45) is 11.8 Å². The number of hydrogen-bond donors (Lipinski definition) is 1. The van der Waals surface area contributed by atoms with E-state index in [1.807, 2.05) is 0 Å². The second-order valence-electron chi connectivity index (χ2n) is 5.04. The predicted molar refractivity (Wildman–Crippen MR) is 75.1 cm³/mol. The molecule has 2 rings (SSSR count). The van der Waals surface area contributed by atoms with Gasteiger partial charge in [-0.25, -0.2) is 0 Å². The average molecular weight is 387 g/mol. The maximum Gasteiger partial charge on any atom is 0.393 e. The molecule has 0 unspecified atom stereocenters. The van der Waals surface area contributed by atoms with Crippen molar-refractivity contribution in [2.45, 2.75) is 12.7 Å². The van der Waals surface area contributed by atoms with Crippen LogP contribution in [-0.2, 0) is 11.3 Å². The third kappa shape index (κ3) is 3.90. The number of rotatable bonds is 3. The molecule has 0 aromatic heterocycles. The molecular formula is C13H12BrClF3NO2. The average Bonchev–Trinajstić information content (AvgIpc) is 2.78. The smallest absolute Gasteiger partial charge is 0.393 e. The Hall–Kier alpha value is -0.790. The van der Waals surface area contributed by atoms with Gasteiger partial charge in [-0.05, 0) is 33.6 Å². The number of benzene rings is 1. The quantitative estimate of drug-likeness (QED) is 0.859. The summed E-state index contributed by atoms with van der Waals surface area (Å²) in [7, 11) is 0. The Kier molecular flexibility index (Phi) is 4.85. The molecule has 0 radical (unpaired) electrons. The number of likely N-dealkylation sites (tertiary alicyclic amines) is 1. The van der Waals surface area contributed by atoms with Crippen LogP contribution in [0.5, 0.6) is 0 Å². The molecule has 116 valence electrons. The number of aliphatic carboxylic acids is 1. The molecule has 2 atom stereocenters. The summed E-state index contributed by atoms with van der Waals surface area (Å²) in [6.07, 6.45) is -4.50. The summed E-state index contributed by atoms with van der Waals surface area (Å²) in [4.78, 5) is 12.5. The highest BCUT2D eigenvalue weighted by Gasteiger charge is 2.52. The zero-order chi connectivity index (χ0) is 15.8. The van der Waals surface area contributed by atoms with Crippen molar-refractivity contribution in [3.8, 4) is 0 Å². The van der Waals surface area contributed by atoms with E-state index in [1.165, 1.54) is 4.90 Å². The second kappa shape index (κ2) is 6.14. The summed E-state index contributed by atoms with van der Waals surface area (Å²) in [6.45, 7) is -0.190. The summed E-state index contributed by atoms with van der Waals surface area (Å²) in [5.74, 6) is -4.66. The van der Waals surface area contributed by atoms with Crippen molar-refractivity contribution in [1.29, 1.82) is 0 Å². The maximum absolute atomic E-state index is 12.9. The van der Waals surface area contributed by atoms with Crippen molar-refractivity contribution in [3.05, 3.63) is 33.3 Å². The van der Waals surface area contributed by atoms with Crippen LogP contribution < -0.4 is 0 Å². The van der Waals surface area contributed by atoms with Crippen molar-refractivity contribution >= 4 is 33.5 Å². The standard InChI is InChI=1S/C13H12BrClF3NO2/c14-10-2-1-7(3-11(10)15)4-19-5-8(12(20)21)9(6-19)13(16,17)18/h1-3,8-9H,4-6H2,(H,20,21)/t8-,9-/m1/s1. The number of halogens is 5. The van der Waals surface area contributed by atoms with Crippen LogP contribution in [0.2, 0.25) is 5.02 Å². The van der Waals surface area contributed by atoms with Crippen LogP contribution in [0.15, 0.2) is 22.7 Å². The number of carboxylic acid groups (broad SMARTS) is 1. The van der Waals surface area contributed by atoms with Crippen LogP contribution in [0.25, 0.3) is 0 Å². The Bertz CT molecular complexity index is 553. The number of alkyl halides is 3. The Labute approximate surface area is 132 Å². The predicted octanol–water partition coefficient (Wildman–Crippen LogP) is 3.80. The van der Waals surface area contributed by atoms with Gasteiger partial charge < -0.3 is 5.11 Å². The number of hydrogen-bond acceptors (Lipinski definition) is 2. The van der Waals surface area contributed by atoms with Gasteiger partial charge in [0.25, 0.3) is 0 Å². The molecule has 0 aliphatic carbocycles. The first-order chi connectivity index (χ1) is 9.68. The zero-order valence-corrected chi connectivity index (χ0v) is 13.0. The maximum atomic E-state index is 12.9. The second-order valence-corrected chi connectivity index (χ2v) is 6.30. The van der Waals surface area contributed by atoms with Crippen LogP contribution in [0.1, 0.15) is 5.56 Å².